The van der Waals surface area contributed by atoms with Crippen molar-refractivity contribution in [2.24, 2.45) is 0 Å². The minimum Gasteiger partial charge on any atom is -0.311 e. The van der Waals surface area contributed by atoms with Crippen molar-refractivity contribution < 1.29 is 4.21 Å². The number of hydrogen-bond donors (Lipinski definition) is 1. The van der Waals surface area contributed by atoms with Crippen LogP contribution >= 0.6 is 0 Å². The van der Waals surface area contributed by atoms with E-state index in [1.807, 2.05) is 25.1 Å². The topological polar surface area (TPSA) is 52.9 Å². The Balaban J connectivity index is 2.49. The van der Waals surface area contributed by atoms with Gasteiger partial charge in [0.15, 0.2) is 0 Å². The first-order chi connectivity index (χ1) is 7.65. The minimum atomic E-state index is -0.803. The third kappa shape index (κ3) is 3.76. The Morgan fingerprint density at radius 3 is 2.81 bits per heavy atom. The summed E-state index contributed by atoms with van der Waals surface area (Å²) < 4.78 is 11.1. The Hall–Kier alpha value is -1.18. The van der Waals surface area contributed by atoms with Crippen LogP contribution < -0.4 is 5.32 Å². The smallest absolute Gasteiger partial charge is 0.0995 e. The van der Waals surface area contributed by atoms with E-state index in [2.05, 4.69) is 11.4 Å². The maximum Gasteiger partial charge on any atom is 0.0995 e. The Kier molecular flexibility index (Phi) is 5.17. The summed E-state index contributed by atoms with van der Waals surface area (Å²) in [7, 11) is -0.803. The number of nitriles is 1. The summed E-state index contributed by atoms with van der Waals surface area (Å²) in [6.07, 6.45) is 1.70. The van der Waals surface area contributed by atoms with E-state index in [1.54, 1.807) is 12.3 Å². The fraction of sp³-hybridized carbons (Fsp3) is 0.417. The van der Waals surface area contributed by atoms with Gasteiger partial charge in [0.05, 0.1) is 11.6 Å². The lowest BCUT2D eigenvalue weighted by Crippen LogP contribution is -2.27. The largest absolute Gasteiger partial charge is 0.311 e. The van der Waals surface area contributed by atoms with Crippen LogP contribution in [0.5, 0.6) is 0 Å². The van der Waals surface area contributed by atoms with Gasteiger partial charge in [-0.1, -0.05) is 18.2 Å². The van der Waals surface area contributed by atoms with Crippen LogP contribution in [0, 0.1) is 11.3 Å². The van der Waals surface area contributed by atoms with Gasteiger partial charge in [0, 0.05) is 35.4 Å². The molecule has 16 heavy (non-hydrogen) atoms. The highest BCUT2D eigenvalue weighted by molar-refractivity contribution is 7.84. The molecule has 1 aromatic carbocycles. The van der Waals surface area contributed by atoms with Crippen molar-refractivity contribution in [3.8, 4) is 6.07 Å². The van der Waals surface area contributed by atoms with Crippen molar-refractivity contribution in [1.29, 1.82) is 5.26 Å². The molecule has 2 unspecified atom stereocenters. The second kappa shape index (κ2) is 6.41. The van der Waals surface area contributed by atoms with Crippen molar-refractivity contribution in [2.45, 2.75) is 18.7 Å². The third-order valence-corrected chi connectivity index (χ3v) is 3.75. The zero-order valence-corrected chi connectivity index (χ0v) is 10.4. The van der Waals surface area contributed by atoms with Crippen molar-refractivity contribution in [1.82, 2.24) is 5.32 Å². The van der Waals surface area contributed by atoms with Gasteiger partial charge in [0.1, 0.15) is 0 Å². The Morgan fingerprint density at radius 2 is 2.19 bits per heavy atom. The molecule has 0 fully saturated rings. The molecule has 4 heteroatoms. The van der Waals surface area contributed by atoms with Crippen molar-refractivity contribution >= 4 is 10.8 Å². The second-order valence-corrected chi connectivity index (χ2v) is 5.51. The molecule has 0 aliphatic heterocycles. The molecular formula is C12H16N2OS. The highest BCUT2D eigenvalue weighted by Gasteiger charge is 2.06. The van der Waals surface area contributed by atoms with E-state index in [-0.39, 0.29) is 5.25 Å². The van der Waals surface area contributed by atoms with Crippen LogP contribution in [0.1, 0.15) is 18.1 Å². The molecule has 86 valence electrons. The minimum absolute atomic E-state index is 0.134. The quantitative estimate of drug-likeness (QED) is 0.841. The number of benzene rings is 1. The molecule has 0 aliphatic rings. The van der Waals surface area contributed by atoms with Crippen LogP contribution in [-0.4, -0.2) is 22.3 Å². The van der Waals surface area contributed by atoms with Crippen LogP contribution in [0.15, 0.2) is 24.3 Å². The zero-order chi connectivity index (χ0) is 12.0. The highest BCUT2D eigenvalue weighted by atomic mass is 32.2. The first-order valence-corrected chi connectivity index (χ1v) is 6.78. The lowest BCUT2D eigenvalue weighted by Gasteiger charge is -2.10. The van der Waals surface area contributed by atoms with Crippen molar-refractivity contribution in [2.75, 3.05) is 12.8 Å². The maximum atomic E-state index is 11.1. The highest BCUT2D eigenvalue weighted by Crippen LogP contribution is 2.06. The molecule has 0 saturated heterocycles. The summed E-state index contributed by atoms with van der Waals surface area (Å²) >= 11 is 0. The molecule has 1 rings (SSSR count). The van der Waals surface area contributed by atoms with Gasteiger partial charge < -0.3 is 5.32 Å². The molecule has 0 saturated carbocycles. The van der Waals surface area contributed by atoms with Gasteiger partial charge in [0.2, 0.25) is 0 Å². The molecule has 1 N–H and O–H groups in total. The lowest BCUT2D eigenvalue weighted by molar-refractivity contribution is 0.647. The summed E-state index contributed by atoms with van der Waals surface area (Å²) in [5.41, 5.74) is 1.68. The van der Waals surface area contributed by atoms with Gasteiger partial charge in [-0.25, -0.2) is 0 Å². The monoisotopic (exact) mass is 236 g/mol. The molecule has 1 aromatic rings. The van der Waals surface area contributed by atoms with Crippen LogP contribution in [0.3, 0.4) is 0 Å². The van der Waals surface area contributed by atoms with E-state index >= 15 is 0 Å². The van der Waals surface area contributed by atoms with Crippen molar-refractivity contribution in [3.63, 3.8) is 0 Å². The van der Waals surface area contributed by atoms with Gasteiger partial charge in [-0.15, -0.1) is 0 Å². The van der Waals surface area contributed by atoms with Crippen LogP contribution in [0.25, 0.3) is 0 Å². The zero-order valence-electron chi connectivity index (χ0n) is 9.56. The maximum absolute atomic E-state index is 11.1. The number of rotatable bonds is 5. The van der Waals surface area contributed by atoms with Gasteiger partial charge in [0.25, 0.3) is 0 Å². The summed E-state index contributed by atoms with van der Waals surface area (Å²) in [5.74, 6) is 0. The Bertz CT molecular complexity index is 412. The summed E-state index contributed by atoms with van der Waals surface area (Å²) in [6, 6.07) is 9.66. The molecule has 0 aromatic heterocycles. The molecular weight excluding hydrogens is 220 g/mol. The van der Waals surface area contributed by atoms with E-state index in [9.17, 15) is 4.21 Å². The summed E-state index contributed by atoms with van der Waals surface area (Å²) in [4.78, 5) is 0. The molecule has 0 heterocycles. The fourth-order valence-electron chi connectivity index (χ4n) is 1.31. The van der Waals surface area contributed by atoms with Gasteiger partial charge >= 0.3 is 0 Å². The Labute approximate surface area is 98.9 Å². The normalized spacial score (nSPS) is 14.1. The SMILES string of the molecule is CC(CNCc1ccccc1C#N)S(C)=O. The molecule has 0 radical (unpaired) electrons. The number of nitrogens with zero attached hydrogens (tertiary/aromatic N) is 1. The molecule has 0 spiro atoms. The average Bonchev–Trinajstić information content (AvgIpc) is 2.29. The molecule has 0 aliphatic carbocycles. The van der Waals surface area contributed by atoms with E-state index in [0.29, 0.717) is 18.7 Å². The summed E-state index contributed by atoms with van der Waals surface area (Å²) in [5, 5.41) is 12.2. The predicted octanol–water partition coefficient (Wildman–Crippen LogP) is 1.41. The molecule has 0 amide bonds. The van der Waals surface area contributed by atoms with Crippen LogP contribution in [0.4, 0.5) is 0 Å². The lowest BCUT2D eigenvalue weighted by atomic mass is 10.1. The second-order valence-electron chi connectivity index (χ2n) is 3.71. The summed E-state index contributed by atoms with van der Waals surface area (Å²) in [6.45, 7) is 3.29. The molecule has 0 bridgehead atoms. The van der Waals surface area contributed by atoms with Gasteiger partial charge in [-0.3, -0.25) is 4.21 Å². The van der Waals surface area contributed by atoms with E-state index in [0.717, 1.165) is 5.56 Å². The first kappa shape index (κ1) is 12.9. The van der Waals surface area contributed by atoms with E-state index in [4.69, 9.17) is 5.26 Å². The van der Waals surface area contributed by atoms with E-state index in [1.165, 1.54) is 0 Å². The number of nitrogens with one attached hydrogen (secondary N) is 1. The predicted molar refractivity (Wildman–Crippen MR) is 66.4 cm³/mol. The third-order valence-electron chi connectivity index (χ3n) is 2.45. The number of hydrogen-bond acceptors (Lipinski definition) is 3. The average molecular weight is 236 g/mol. The van der Waals surface area contributed by atoms with Gasteiger partial charge in [-0.2, -0.15) is 5.26 Å². The van der Waals surface area contributed by atoms with Gasteiger partial charge in [-0.05, 0) is 18.6 Å². The van der Waals surface area contributed by atoms with Crippen molar-refractivity contribution in [3.05, 3.63) is 35.4 Å². The fourth-order valence-corrected chi connectivity index (χ4v) is 1.66. The van der Waals surface area contributed by atoms with E-state index < -0.39 is 10.8 Å². The standard InChI is InChI=1S/C12H16N2OS/c1-10(16(2)15)8-14-9-12-6-4-3-5-11(12)7-13/h3-6,10,14H,8-9H2,1-2H3. The van der Waals surface area contributed by atoms with Crippen LogP contribution in [0.2, 0.25) is 0 Å². The van der Waals surface area contributed by atoms with Crippen LogP contribution in [-0.2, 0) is 17.3 Å². The molecule has 2 atom stereocenters. The first-order valence-electron chi connectivity index (χ1n) is 5.16. The Morgan fingerprint density at radius 1 is 1.50 bits per heavy atom. The molecule has 3 nitrogen and oxygen atoms in total.